The Morgan fingerprint density at radius 1 is 1.21 bits per heavy atom. The van der Waals surface area contributed by atoms with E-state index in [-0.39, 0.29) is 24.2 Å². The summed E-state index contributed by atoms with van der Waals surface area (Å²) >= 11 is 0. The summed E-state index contributed by atoms with van der Waals surface area (Å²) in [5.74, 6) is -1.15. The number of aliphatic carboxylic acids is 1. The van der Waals surface area contributed by atoms with Crippen molar-refractivity contribution < 1.29 is 24.2 Å². The Balaban J connectivity index is 2.03. The molecule has 2 saturated heterocycles. The van der Waals surface area contributed by atoms with Crippen LogP contribution in [0.4, 0.5) is 0 Å². The molecule has 1 amide bonds. The van der Waals surface area contributed by atoms with Gasteiger partial charge in [-0.2, -0.15) is 0 Å². The minimum Gasteiger partial charge on any atom is -0.480 e. The van der Waals surface area contributed by atoms with E-state index in [4.69, 9.17) is 9.47 Å². The third-order valence-electron chi connectivity index (χ3n) is 3.89. The van der Waals surface area contributed by atoms with E-state index in [9.17, 15) is 14.7 Å². The molecular weight excluding hydrogens is 252 g/mol. The fraction of sp³-hybridized carbons (Fsp3) is 0.833. The molecule has 2 aliphatic rings. The minimum atomic E-state index is -0.978. The molecule has 0 radical (unpaired) electrons. The molecule has 2 rings (SSSR count). The molecule has 0 aromatic heterocycles. The van der Waals surface area contributed by atoms with Gasteiger partial charge in [-0.1, -0.05) is 0 Å². The summed E-state index contributed by atoms with van der Waals surface area (Å²) in [7, 11) is 3.14. The molecule has 4 unspecified atom stereocenters. The van der Waals surface area contributed by atoms with Crippen LogP contribution in [0.1, 0.15) is 12.8 Å². The van der Waals surface area contributed by atoms with Crippen molar-refractivity contribution in [2.75, 3.05) is 27.3 Å². The maximum Gasteiger partial charge on any atom is 0.326 e. The molecule has 108 valence electrons. The fourth-order valence-electron chi connectivity index (χ4n) is 2.72. The number of likely N-dealkylation sites (tertiary alicyclic amines) is 1. The number of methoxy groups -OCH3 is 2. The van der Waals surface area contributed by atoms with Crippen LogP contribution in [0.2, 0.25) is 0 Å². The second kappa shape index (κ2) is 5.85. The standard InChI is InChI=1S/C12H20N2O5/c1-18-7-3-9(13-5-7)11(15)14-6-8(19-2)4-10(14)12(16)17/h7-10,13H,3-6H2,1-2H3,(H,16,17). The highest BCUT2D eigenvalue weighted by Gasteiger charge is 2.43. The average Bonchev–Trinajstić information content (AvgIpc) is 3.04. The molecule has 2 aliphatic heterocycles. The van der Waals surface area contributed by atoms with Crippen LogP contribution in [0, 0.1) is 0 Å². The van der Waals surface area contributed by atoms with Gasteiger partial charge in [-0.25, -0.2) is 4.79 Å². The van der Waals surface area contributed by atoms with Gasteiger partial charge < -0.3 is 24.8 Å². The van der Waals surface area contributed by atoms with Crippen molar-refractivity contribution in [2.24, 2.45) is 0 Å². The van der Waals surface area contributed by atoms with Gasteiger partial charge in [0.15, 0.2) is 0 Å². The molecule has 4 atom stereocenters. The molecule has 0 aromatic rings. The molecule has 7 nitrogen and oxygen atoms in total. The summed E-state index contributed by atoms with van der Waals surface area (Å²) in [5, 5.41) is 12.3. The first-order valence-corrected chi connectivity index (χ1v) is 6.39. The summed E-state index contributed by atoms with van der Waals surface area (Å²) in [6.45, 7) is 0.953. The van der Waals surface area contributed by atoms with Gasteiger partial charge in [0.2, 0.25) is 5.91 Å². The number of nitrogens with zero attached hydrogens (tertiary/aromatic N) is 1. The number of hydrogen-bond acceptors (Lipinski definition) is 5. The molecule has 0 saturated carbocycles. The molecule has 2 fully saturated rings. The summed E-state index contributed by atoms with van der Waals surface area (Å²) in [5.41, 5.74) is 0. The average molecular weight is 272 g/mol. The van der Waals surface area contributed by atoms with Crippen LogP contribution in [0.15, 0.2) is 0 Å². The van der Waals surface area contributed by atoms with Crippen molar-refractivity contribution in [3.63, 3.8) is 0 Å². The Bertz CT molecular complexity index is 362. The third-order valence-corrected chi connectivity index (χ3v) is 3.89. The molecular formula is C12H20N2O5. The Morgan fingerprint density at radius 2 is 1.89 bits per heavy atom. The minimum absolute atomic E-state index is 0.0121. The first-order valence-electron chi connectivity index (χ1n) is 6.39. The highest BCUT2D eigenvalue weighted by Crippen LogP contribution is 2.23. The molecule has 2 N–H and O–H groups in total. The van der Waals surface area contributed by atoms with E-state index >= 15 is 0 Å². The maximum atomic E-state index is 12.4. The second-order valence-corrected chi connectivity index (χ2v) is 4.99. The normalized spacial score (nSPS) is 34.7. The van der Waals surface area contributed by atoms with Crippen LogP contribution in [0.25, 0.3) is 0 Å². The van der Waals surface area contributed by atoms with Crippen molar-refractivity contribution >= 4 is 11.9 Å². The second-order valence-electron chi connectivity index (χ2n) is 4.99. The number of rotatable bonds is 4. The van der Waals surface area contributed by atoms with Gasteiger partial charge in [0.1, 0.15) is 6.04 Å². The SMILES string of the molecule is COC1CNC(C(=O)N2CC(OC)CC2C(=O)O)C1. The number of carbonyl (C=O) groups is 2. The zero-order chi connectivity index (χ0) is 14.0. The summed E-state index contributed by atoms with van der Waals surface area (Å²) in [6, 6.07) is -1.15. The number of carboxylic acid groups (broad SMARTS) is 1. The zero-order valence-electron chi connectivity index (χ0n) is 11.2. The van der Waals surface area contributed by atoms with E-state index in [1.807, 2.05) is 0 Å². The number of carboxylic acids is 1. The summed E-state index contributed by atoms with van der Waals surface area (Å²) in [4.78, 5) is 25.0. The van der Waals surface area contributed by atoms with Crippen molar-refractivity contribution in [2.45, 2.75) is 37.1 Å². The van der Waals surface area contributed by atoms with Gasteiger partial charge in [0.25, 0.3) is 0 Å². The van der Waals surface area contributed by atoms with Crippen LogP contribution in [-0.2, 0) is 19.1 Å². The van der Waals surface area contributed by atoms with Crippen molar-refractivity contribution in [3.05, 3.63) is 0 Å². The van der Waals surface area contributed by atoms with Gasteiger partial charge >= 0.3 is 5.97 Å². The van der Waals surface area contributed by atoms with Gasteiger partial charge in [-0.05, 0) is 6.42 Å². The van der Waals surface area contributed by atoms with Crippen LogP contribution < -0.4 is 5.32 Å². The predicted octanol–water partition coefficient (Wildman–Crippen LogP) is -0.936. The molecule has 0 aliphatic carbocycles. The van der Waals surface area contributed by atoms with Crippen molar-refractivity contribution in [3.8, 4) is 0 Å². The number of hydrogen-bond donors (Lipinski definition) is 2. The van der Waals surface area contributed by atoms with E-state index < -0.39 is 12.0 Å². The Labute approximate surface area is 111 Å². The lowest BCUT2D eigenvalue weighted by Gasteiger charge is -2.24. The van der Waals surface area contributed by atoms with Gasteiger partial charge in [0, 0.05) is 33.7 Å². The quantitative estimate of drug-likeness (QED) is 0.687. The smallest absolute Gasteiger partial charge is 0.326 e. The molecule has 0 bridgehead atoms. The zero-order valence-corrected chi connectivity index (χ0v) is 11.2. The predicted molar refractivity (Wildman–Crippen MR) is 65.8 cm³/mol. The number of nitrogens with one attached hydrogen (secondary N) is 1. The van der Waals surface area contributed by atoms with Crippen LogP contribution >= 0.6 is 0 Å². The molecule has 7 heteroatoms. The van der Waals surface area contributed by atoms with Gasteiger partial charge in [-0.15, -0.1) is 0 Å². The number of carbonyl (C=O) groups excluding carboxylic acids is 1. The monoisotopic (exact) mass is 272 g/mol. The number of amides is 1. The molecule has 0 spiro atoms. The fourth-order valence-corrected chi connectivity index (χ4v) is 2.72. The van der Waals surface area contributed by atoms with E-state index in [1.54, 1.807) is 7.11 Å². The Kier molecular flexibility index (Phi) is 4.38. The lowest BCUT2D eigenvalue weighted by Crippen LogP contribution is -2.48. The third kappa shape index (κ3) is 2.88. The first kappa shape index (κ1) is 14.2. The van der Waals surface area contributed by atoms with E-state index in [0.717, 1.165) is 0 Å². The molecule has 0 aromatic carbocycles. The van der Waals surface area contributed by atoms with Crippen LogP contribution in [0.5, 0.6) is 0 Å². The van der Waals surface area contributed by atoms with Crippen LogP contribution in [0.3, 0.4) is 0 Å². The lowest BCUT2D eigenvalue weighted by molar-refractivity contribution is -0.148. The number of ether oxygens (including phenoxy) is 2. The topological polar surface area (TPSA) is 88.1 Å². The van der Waals surface area contributed by atoms with Gasteiger partial charge in [-0.3, -0.25) is 4.79 Å². The highest BCUT2D eigenvalue weighted by molar-refractivity contribution is 5.88. The van der Waals surface area contributed by atoms with Crippen molar-refractivity contribution in [1.82, 2.24) is 10.2 Å². The summed E-state index contributed by atoms with van der Waals surface area (Å²) < 4.78 is 10.4. The molecule has 19 heavy (non-hydrogen) atoms. The van der Waals surface area contributed by atoms with E-state index in [2.05, 4.69) is 5.32 Å². The largest absolute Gasteiger partial charge is 0.480 e. The summed E-state index contributed by atoms with van der Waals surface area (Å²) in [6.07, 6.45) is 0.733. The van der Waals surface area contributed by atoms with Crippen LogP contribution in [-0.4, -0.2) is 73.5 Å². The molecule has 2 heterocycles. The first-order chi connectivity index (χ1) is 9.06. The maximum absolute atomic E-state index is 12.4. The lowest BCUT2D eigenvalue weighted by atomic mass is 10.1. The Morgan fingerprint density at radius 3 is 2.42 bits per heavy atom. The Hall–Kier alpha value is -1.18. The highest BCUT2D eigenvalue weighted by atomic mass is 16.5. The van der Waals surface area contributed by atoms with E-state index in [1.165, 1.54) is 12.0 Å². The van der Waals surface area contributed by atoms with E-state index in [0.29, 0.717) is 25.9 Å². The van der Waals surface area contributed by atoms with Gasteiger partial charge in [0.05, 0.1) is 18.2 Å². The van der Waals surface area contributed by atoms with Crippen molar-refractivity contribution in [1.29, 1.82) is 0 Å².